The number of aromatic hydroxyl groups is 1. The monoisotopic (exact) mass is 300 g/mol. The lowest BCUT2D eigenvalue weighted by Gasteiger charge is -2.08. The first kappa shape index (κ1) is 13.5. The molecule has 0 atom stereocenters. The number of nitrogens with zero attached hydrogens (tertiary/aromatic N) is 3. The van der Waals surface area contributed by atoms with Crippen LogP contribution in [0.4, 0.5) is 5.69 Å². The Hall–Kier alpha value is -2.53. The molecule has 6 heteroatoms. The van der Waals surface area contributed by atoms with E-state index in [4.69, 9.17) is 11.6 Å². The Morgan fingerprint density at radius 3 is 2.81 bits per heavy atom. The highest BCUT2D eigenvalue weighted by Crippen LogP contribution is 2.24. The molecule has 2 heterocycles. The van der Waals surface area contributed by atoms with E-state index in [-0.39, 0.29) is 5.75 Å². The summed E-state index contributed by atoms with van der Waals surface area (Å²) in [5.41, 5.74) is 1.89. The fourth-order valence-corrected chi connectivity index (χ4v) is 2.11. The molecule has 0 aliphatic carbocycles. The third-order valence-corrected chi connectivity index (χ3v) is 3.33. The summed E-state index contributed by atoms with van der Waals surface area (Å²) in [5.74, 6) is 0.900. The molecule has 0 unspecified atom stereocenters. The van der Waals surface area contributed by atoms with E-state index in [0.29, 0.717) is 11.6 Å². The van der Waals surface area contributed by atoms with E-state index in [1.807, 2.05) is 29.0 Å². The Morgan fingerprint density at radius 2 is 2.14 bits per heavy atom. The number of rotatable bonds is 4. The first-order chi connectivity index (χ1) is 10.2. The second-order valence-corrected chi connectivity index (χ2v) is 4.92. The van der Waals surface area contributed by atoms with Gasteiger partial charge in [0.15, 0.2) is 0 Å². The van der Waals surface area contributed by atoms with Gasteiger partial charge in [0, 0.05) is 18.9 Å². The van der Waals surface area contributed by atoms with Crippen molar-refractivity contribution in [1.29, 1.82) is 0 Å². The number of hydrogen-bond acceptors (Lipinski definition) is 4. The van der Waals surface area contributed by atoms with Crippen LogP contribution in [0.1, 0.15) is 5.56 Å². The number of anilines is 1. The quantitative estimate of drug-likeness (QED) is 0.776. The minimum Gasteiger partial charge on any atom is -0.506 e. The summed E-state index contributed by atoms with van der Waals surface area (Å²) in [7, 11) is 0. The minimum atomic E-state index is 0.0896. The van der Waals surface area contributed by atoms with Crippen molar-refractivity contribution in [1.82, 2.24) is 14.5 Å². The fraction of sp³-hybridized carbons (Fsp3) is 0.0667. The number of pyridine rings is 1. The molecule has 1 aromatic carbocycles. The SMILES string of the molecule is Oc1ccc(CNc2ccc(-n3ccnc3)nc2)cc1Cl. The van der Waals surface area contributed by atoms with Crippen molar-refractivity contribution in [3.63, 3.8) is 0 Å². The Bertz CT molecular complexity index is 726. The molecule has 0 saturated carbocycles. The third kappa shape index (κ3) is 3.14. The van der Waals surface area contributed by atoms with Crippen molar-refractivity contribution < 1.29 is 5.11 Å². The molecule has 2 aromatic heterocycles. The lowest BCUT2D eigenvalue weighted by Crippen LogP contribution is -2.01. The lowest BCUT2D eigenvalue weighted by molar-refractivity contribution is 0.475. The molecule has 5 nitrogen and oxygen atoms in total. The number of halogens is 1. The van der Waals surface area contributed by atoms with E-state index in [2.05, 4.69) is 15.3 Å². The summed E-state index contributed by atoms with van der Waals surface area (Å²) in [6, 6.07) is 9.00. The zero-order chi connectivity index (χ0) is 14.7. The van der Waals surface area contributed by atoms with Crippen LogP contribution in [-0.2, 0) is 6.54 Å². The van der Waals surface area contributed by atoms with Gasteiger partial charge in [0.1, 0.15) is 17.9 Å². The topological polar surface area (TPSA) is 63.0 Å². The smallest absolute Gasteiger partial charge is 0.137 e. The molecule has 3 aromatic rings. The summed E-state index contributed by atoms with van der Waals surface area (Å²) in [6.07, 6.45) is 7.02. The Balaban J connectivity index is 1.66. The first-order valence-corrected chi connectivity index (χ1v) is 6.76. The molecule has 2 N–H and O–H groups in total. The van der Waals surface area contributed by atoms with Crippen LogP contribution >= 0.6 is 11.6 Å². The van der Waals surface area contributed by atoms with Crippen molar-refractivity contribution in [2.45, 2.75) is 6.54 Å². The normalized spacial score (nSPS) is 10.5. The van der Waals surface area contributed by atoms with Gasteiger partial charge in [-0.15, -0.1) is 0 Å². The van der Waals surface area contributed by atoms with Crippen LogP contribution in [-0.4, -0.2) is 19.6 Å². The highest BCUT2D eigenvalue weighted by Gasteiger charge is 2.01. The summed E-state index contributed by atoms with van der Waals surface area (Å²) >= 11 is 5.87. The first-order valence-electron chi connectivity index (χ1n) is 6.38. The zero-order valence-corrected chi connectivity index (χ0v) is 11.8. The van der Waals surface area contributed by atoms with E-state index in [0.717, 1.165) is 17.1 Å². The van der Waals surface area contributed by atoms with Crippen LogP contribution in [0.2, 0.25) is 5.02 Å². The van der Waals surface area contributed by atoms with Crippen molar-refractivity contribution >= 4 is 17.3 Å². The fourth-order valence-electron chi connectivity index (χ4n) is 1.90. The predicted octanol–water partition coefficient (Wildman–Crippen LogP) is 3.24. The standard InChI is InChI=1S/C15H13ClN4O/c16-13-7-11(1-3-14(13)21)8-18-12-2-4-15(19-9-12)20-6-5-17-10-20/h1-7,9-10,18,21H,8H2. The maximum absolute atomic E-state index is 9.38. The van der Waals surface area contributed by atoms with Gasteiger partial charge in [0.2, 0.25) is 0 Å². The number of imidazole rings is 1. The van der Waals surface area contributed by atoms with E-state index in [9.17, 15) is 5.11 Å². The van der Waals surface area contributed by atoms with E-state index < -0.39 is 0 Å². The van der Waals surface area contributed by atoms with E-state index in [1.54, 1.807) is 30.9 Å². The maximum atomic E-state index is 9.38. The molecule has 0 amide bonds. The molecule has 21 heavy (non-hydrogen) atoms. The van der Waals surface area contributed by atoms with Gasteiger partial charge < -0.3 is 10.4 Å². The Kier molecular flexibility index (Phi) is 3.75. The van der Waals surface area contributed by atoms with Gasteiger partial charge in [-0.1, -0.05) is 17.7 Å². The molecular weight excluding hydrogens is 288 g/mol. The van der Waals surface area contributed by atoms with Gasteiger partial charge in [-0.2, -0.15) is 0 Å². The van der Waals surface area contributed by atoms with Crippen LogP contribution < -0.4 is 5.32 Å². The molecule has 0 bridgehead atoms. The molecule has 0 aliphatic rings. The number of hydrogen-bond donors (Lipinski definition) is 2. The molecule has 0 saturated heterocycles. The van der Waals surface area contributed by atoms with Crippen molar-refractivity contribution in [2.75, 3.05) is 5.32 Å². The molecule has 0 fully saturated rings. The average Bonchev–Trinajstić information content (AvgIpc) is 3.03. The molecular formula is C15H13ClN4O. The number of nitrogens with one attached hydrogen (secondary N) is 1. The summed E-state index contributed by atoms with van der Waals surface area (Å²) < 4.78 is 1.84. The predicted molar refractivity (Wildman–Crippen MR) is 81.8 cm³/mol. The van der Waals surface area contributed by atoms with Gasteiger partial charge in [-0.3, -0.25) is 4.57 Å². The maximum Gasteiger partial charge on any atom is 0.137 e. The van der Waals surface area contributed by atoms with Gasteiger partial charge in [-0.05, 0) is 29.8 Å². The summed E-state index contributed by atoms with van der Waals surface area (Å²) in [4.78, 5) is 8.35. The molecule has 0 spiro atoms. The molecule has 0 radical (unpaired) electrons. The molecule has 0 aliphatic heterocycles. The number of benzene rings is 1. The van der Waals surface area contributed by atoms with Gasteiger partial charge in [-0.25, -0.2) is 9.97 Å². The zero-order valence-electron chi connectivity index (χ0n) is 11.1. The second-order valence-electron chi connectivity index (χ2n) is 4.51. The van der Waals surface area contributed by atoms with Crippen LogP contribution in [0.3, 0.4) is 0 Å². The summed E-state index contributed by atoms with van der Waals surface area (Å²) in [6.45, 7) is 0.603. The van der Waals surface area contributed by atoms with Gasteiger partial charge in [0.05, 0.1) is 16.9 Å². The third-order valence-electron chi connectivity index (χ3n) is 3.03. The minimum absolute atomic E-state index is 0.0896. The number of phenols is 1. The molecule has 106 valence electrons. The highest BCUT2D eigenvalue weighted by atomic mass is 35.5. The van der Waals surface area contributed by atoms with Gasteiger partial charge >= 0.3 is 0 Å². The highest BCUT2D eigenvalue weighted by molar-refractivity contribution is 6.32. The molecule has 3 rings (SSSR count). The van der Waals surface area contributed by atoms with Crippen LogP contribution in [0.25, 0.3) is 5.82 Å². The van der Waals surface area contributed by atoms with Gasteiger partial charge in [0.25, 0.3) is 0 Å². The van der Waals surface area contributed by atoms with Crippen molar-refractivity contribution in [2.24, 2.45) is 0 Å². The average molecular weight is 301 g/mol. The van der Waals surface area contributed by atoms with Crippen molar-refractivity contribution in [3.05, 3.63) is 65.8 Å². The number of aromatic nitrogens is 3. The van der Waals surface area contributed by atoms with E-state index in [1.165, 1.54) is 0 Å². The second kappa shape index (κ2) is 5.85. The number of phenolic OH excluding ortho intramolecular Hbond substituents is 1. The van der Waals surface area contributed by atoms with Crippen molar-refractivity contribution in [3.8, 4) is 11.6 Å². The summed E-state index contributed by atoms with van der Waals surface area (Å²) in [5, 5.41) is 13.0. The Morgan fingerprint density at radius 1 is 1.24 bits per heavy atom. The Labute approximate surface area is 126 Å². The van der Waals surface area contributed by atoms with Crippen LogP contribution in [0.5, 0.6) is 5.75 Å². The van der Waals surface area contributed by atoms with E-state index >= 15 is 0 Å². The lowest BCUT2D eigenvalue weighted by atomic mass is 10.2. The van der Waals surface area contributed by atoms with Crippen LogP contribution in [0, 0.1) is 0 Å². The largest absolute Gasteiger partial charge is 0.506 e. The van der Waals surface area contributed by atoms with Crippen LogP contribution in [0.15, 0.2) is 55.2 Å².